The highest BCUT2D eigenvalue weighted by molar-refractivity contribution is 6.02. The summed E-state index contributed by atoms with van der Waals surface area (Å²) in [5, 5.41) is 0. The van der Waals surface area contributed by atoms with Crippen molar-refractivity contribution >= 4 is 11.8 Å². The molecule has 0 bridgehead atoms. The number of carbonyl (C=O) groups excluding carboxylic acids is 2. The molecule has 132 valence electrons. The molecule has 1 saturated carbocycles. The summed E-state index contributed by atoms with van der Waals surface area (Å²) in [4.78, 5) is 29.7. The van der Waals surface area contributed by atoms with Gasteiger partial charge in [0.25, 0.3) is 5.91 Å². The van der Waals surface area contributed by atoms with Gasteiger partial charge in [-0.15, -0.1) is 0 Å². The monoisotopic (exact) mass is 338 g/mol. The molecule has 0 spiro atoms. The van der Waals surface area contributed by atoms with Crippen LogP contribution in [0.4, 0.5) is 0 Å². The van der Waals surface area contributed by atoms with Crippen LogP contribution in [0, 0.1) is 0 Å². The van der Waals surface area contributed by atoms with E-state index in [1.165, 1.54) is 12.0 Å². The van der Waals surface area contributed by atoms with Crippen LogP contribution in [0.3, 0.4) is 0 Å². The number of nitrogens with zero attached hydrogens (tertiary/aromatic N) is 2. The minimum absolute atomic E-state index is 0.0956. The number of rotatable bonds is 4. The molecule has 1 saturated heterocycles. The van der Waals surface area contributed by atoms with Crippen molar-refractivity contribution in [1.82, 2.24) is 9.80 Å². The number of likely N-dealkylation sites (tertiary alicyclic amines) is 1. The van der Waals surface area contributed by atoms with Gasteiger partial charge in [0.2, 0.25) is 5.91 Å². The van der Waals surface area contributed by atoms with Gasteiger partial charge < -0.3 is 9.80 Å². The fraction of sp³-hybridized carbons (Fsp3) is 0.524. The molecule has 4 rings (SSSR count). The molecule has 0 radical (unpaired) electrons. The van der Waals surface area contributed by atoms with Crippen molar-refractivity contribution in [2.75, 3.05) is 13.1 Å². The summed E-state index contributed by atoms with van der Waals surface area (Å²) in [6.45, 7) is 2.36. The number of benzene rings is 1. The van der Waals surface area contributed by atoms with E-state index in [0.29, 0.717) is 13.0 Å². The maximum absolute atomic E-state index is 13.1. The molecule has 2 heterocycles. The molecule has 4 nitrogen and oxygen atoms in total. The molecule has 0 N–H and O–H groups in total. The smallest absolute Gasteiger partial charge is 0.251 e. The fourth-order valence-electron chi connectivity index (χ4n) is 4.52. The van der Waals surface area contributed by atoms with Crippen molar-refractivity contribution < 1.29 is 9.59 Å². The summed E-state index contributed by atoms with van der Waals surface area (Å²) in [7, 11) is 0. The van der Waals surface area contributed by atoms with Crippen molar-refractivity contribution in [3.63, 3.8) is 0 Å². The number of hydrogen-bond donors (Lipinski definition) is 0. The van der Waals surface area contributed by atoms with Gasteiger partial charge in [0.05, 0.1) is 12.5 Å². The van der Waals surface area contributed by atoms with Crippen LogP contribution < -0.4 is 0 Å². The zero-order chi connectivity index (χ0) is 17.2. The van der Waals surface area contributed by atoms with Crippen molar-refractivity contribution in [3.8, 4) is 0 Å². The molecule has 0 aromatic heterocycles. The highest BCUT2D eigenvalue weighted by atomic mass is 16.2. The van der Waals surface area contributed by atoms with Crippen LogP contribution in [-0.2, 0) is 16.1 Å². The van der Waals surface area contributed by atoms with E-state index in [4.69, 9.17) is 0 Å². The van der Waals surface area contributed by atoms with E-state index in [0.717, 1.165) is 56.3 Å². The fourth-order valence-corrected chi connectivity index (χ4v) is 4.52. The predicted molar refractivity (Wildman–Crippen MR) is 96.7 cm³/mol. The lowest BCUT2D eigenvalue weighted by Crippen LogP contribution is -2.36. The first kappa shape index (κ1) is 16.4. The van der Waals surface area contributed by atoms with E-state index in [9.17, 15) is 9.59 Å². The topological polar surface area (TPSA) is 40.6 Å². The van der Waals surface area contributed by atoms with E-state index in [2.05, 4.69) is 12.1 Å². The second-order valence-electron chi connectivity index (χ2n) is 7.45. The highest BCUT2D eigenvalue weighted by Crippen LogP contribution is 2.39. The van der Waals surface area contributed by atoms with E-state index in [1.54, 1.807) is 0 Å². The molecule has 1 atom stereocenters. The van der Waals surface area contributed by atoms with Crippen LogP contribution in [0.15, 0.2) is 41.5 Å². The Kier molecular flexibility index (Phi) is 4.60. The van der Waals surface area contributed by atoms with Crippen LogP contribution >= 0.6 is 0 Å². The Labute approximate surface area is 149 Å². The molecule has 1 unspecified atom stereocenters. The Balaban J connectivity index is 1.54. The quantitative estimate of drug-likeness (QED) is 0.845. The SMILES string of the molecule is O=C(CC1=C2CCCCC2N(Cc2ccccc2)C1=O)N1CCCC1. The minimum Gasteiger partial charge on any atom is -0.342 e. The summed E-state index contributed by atoms with van der Waals surface area (Å²) in [6, 6.07) is 10.4. The van der Waals surface area contributed by atoms with Crippen molar-refractivity contribution in [2.45, 2.75) is 57.5 Å². The lowest BCUT2D eigenvalue weighted by atomic mass is 9.88. The standard InChI is InChI=1S/C21H26N2O2/c24-20(22-12-6-7-13-22)14-18-17-10-4-5-11-19(17)23(21(18)25)15-16-8-2-1-3-9-16/h1-3,8-9,19H,4-7,10-15H2. The zero-order valence-electron chi connectivity index (χ0n) is 14.7. The third-order valence-electron chi connectivity index (χ3n) is 5.84. The minimum atomic E-state index is 0.0956. The lowest BCUT2D eigenvalue weighted by Gasteiger charge is -2.30. The summed E-state index contributed by atoms with van der Waals surface area (Å²) in [5.74, 6) is 0.234. The number of carbonyl (C=O) groups is 2. The first-order chi connectivity index (χ1) is 12.2. The van der Waals surface area contributed by atoms with Gasteiger partial charge in [-0.2, -0.15) is 0 Å². The summed E-state index contributed by atoms with van der Waals surface area (Å²) in [6.07, 6.45) is 6.80. The molecule has 3 aliphatic rings. The average molecular weight is 338 g/mol. The lowest BCUT2D eigenvalue weighted by molar-refractivity contribution is -0.132. The second kappa shape index (κ2) is 7.03. The van der Waals surface area contributed by atoms with Crippen LogP contribution in [0.2, 0.25) is 0 Å². The van der Waals surface area contributed by atoms with E-state index in [1.807, 2.05) is 28.0 Å². The largest absolute Gasteiger partial charge is 0.342 e. The molecular weight excluding hydrogens is 312 g/mol. The summed E-state index contributed by atoms with van der Waals surface area (Å²) >= 11 is 0. The van der Waals surface area contributed by atoms with Crippen LogP contribution in [0.1, 0.15) is 50.5 Å². The second-order valence-corrected chi connectivity index (χ2v) is 7.45. The van der Waals surface area contributed by atoms with E-state index in [-0.39, 0.29) is 17.9 Å². The van der Waals surface area contributed by atoms with Gasteiger partial charge in [0.15, 0.2) is 0 Å². The first-order valence-electron chi connectivity index (χ1n) is 9.58. The Morgan fingerprint density at radius 3 is 2.56 bits per heavy atom. The van der Waals surface area contributed by atoms with Gasteiger partial charge in [-0.1, -0.05) is 36.8 Å². The van der Waals surface area contributed by atoms with Gasteiger partial charge in [-0.05, 0) is 43.2 Å². The molecule has 25 heavy (non-hydrogen) atoms. The number of amides is 2. The van der Waals surface area contributed by atoms with Crippen molar-refractivity contribution in [3.05, 3.63) is 47.0 Å². The Morgan fingerprint density at radius 1 is 1.04 bits per heavy atom. The van der Waals surface area contributed by atoms with E-state index >= 15 is 0 Å². The normalized spacial score (nSPS) is 23.4. The molecule has 1 aromatic rings. The van der Waals surface area contributed by atoms with Crippen LogP contribution in [-0.4, -0.2) is 40.7 Å². The summed E-state index contributed by atoms with van der Waals surface area (Å²) < 4.78 is 0. The Bertz CT molecular complexity index is 689. The Hall–Kier alpha value is -2.10. The molecular formula is C21H26N2O2. The van der Waals surface area contributed by atoms with Gasteiger partial charge in [0, 0.05) is 25.2 Å². The maximum atomic E-state index is 13.1. The molecule has 1 aliphatic carbocycles. The molecule has 4 heteroatoms. The third kappa shape index (κ3) is 3.22. The van der Waals surface area contributed by atoms with Gasteiger partial charge in [-0.25, -0.2) is 0 Å². The van der Waals surface area contributed by atoms with Crippen LogP contribution in [0.5, 0.6) is 0 Å². The zero-order valence-corrected chi connectivity index (χ0v) is 14.7. The van der Waals surface area contributed by atoms with Gasteiger partial charge >= 0.3 is 0 Å². The average Bonchev–Trinajstić information content (AvgIpc) is 3.26. The predicted octanol–water partition coefficient (Wildman–Crippen LogP) is 3.28. The highest BCUT2D eigenvalue weighted by Gasteiger charge is 2.40. The number of hydrogen-bond acceptors (Lipinski definition) is 2. The van der Waals surface area contributed by atoms with E-state index < -0.39 is 0 Å². The summed E-state index contributed by atoms with van der Waals surface area (Å²) in [5.41, 5.74) is 3.21. The molecule has 2 aliphatic heterocycles. The van der Waals surface area contributed by atoms with Crippen molar-refractivity contribution in [1.29, 1.82) is 0 Å². The first-order valence-corrected chi connectivity index (χ1v) is 9.58. The van der Waals surface area contributed by atoms with Gasteiger partial charge in [-0.3, -0.25) is 9.59 Å². The molecule has 2 amide bonds. The molecule has 2 fully saturated rings. The maximum Gasteiger partial charge on any atom is 0.251 e. The Morgan fingerprint density at radius 2 is 1.80 bits per heavy atom. The molecule has 1 aromatic carbocycles. The van der Waals surface area contributed by atoms with Gasteiger partial charge in [0.1, 0.15) is 0 Å². The van der Waals surface area contributed by atoms with Crippen LogP contribution in [0.25, 0.3) is 0 Å². The van der Waals surface area contributed by atoms with Crippen molar-refractivity contribution in [2.24, 2.45) is 0 Å². The number of fused-ring (bicyclic) bond motifs is 1. The third-order valence-corrected chi connectivity index (χ3v) is 5.84.